The molecule has 0 bridgehead atoms. The number of halogens is 1. The molecule has 3 aromatic carbocycles. The van der Waals surface area contributed by atoms with E-state index in [-0.39, 0.29) is 11.2 Å². The molecule has 1 heterocycles. The summed E-state index contributed by atoms with van der Waals surface area (Å²) in [6.45, 7) is 6.91. The van der Waals surface area contributed by atoms with Crippen molar-refractivity contribution in [2.24, 2.45) is 0 Å². The zero-order valence-corrected chi connectivity index (χ0v) is 18.0. The lowest BCUT2D eigenvalue weighted by Crippen LogP contribution is -2.10. The van der Waals surface area contributed by atoms with Gasteiger partial charge in [0.1, 0.15) is 18.1 Å². The van der Waals surface area contributed by atoms with E-state index in [1.807, 2.05) is 36.4 Å². The van der Waals surface area contributed by atoms with Gasteiger partial charge in [-0.3, -0.25) is 4.79 Å². The monoisotopic (exact) mass is 418 g/mol. The summed E-state index contributed by atoms with van der Waals surface area (Å²) in [5.41, 5.74) is 3.77. The van der Waals surface area contributed by atoms with E-state index < -0.39 is 0 Å². The molecule has 30 heavy (non-hydrogen) atoms. The molecular weight excluding hydrogens is 396 g/mol. The van der Waals surface area contributed by atoms with Gasteiger partial charge in [-0.25, -0.2) is 0 Å². The highest BCUT2D eigenvalue weighted by Gasteiger charge is 2.27. The molecule has 0 N–H and O–H groups in total. The molecule has 0 aromatic heterocycles. The molecule has 0 radical (unpaired) electrons. The Morgan fingerprint density at radius 3 is 2.47 bits per heavy atom. The summed E-state index contributed by atoms with van der Waals surface area (Å²) < 4.78 is 11.7. The third-order valence-electron chi connectivity index (χ3n) is 5.01. The van der Waals surface area contributed by atoms with Crippen LogP contribution in [0.2, 0.25) is 5.02 Å². The van der Waals surface area contributed by atoms with Crippen LogP contribution in [0.5, 0.6) is 11.5 Å². The van der Waals surface area contributed by atoms with Crippen molar-refractivity contribution >= 4 is 23.5 Å². The van der Waals surface area contributed by atoms with Gasteiger partial charge in [0, 0.05) is 11.1 Å². The molecule has 0 fully saturated rings. The molecule has 4 rings (SSSR count). The molecule has 0 aliphatic carbocycles. The molecule has 0 atom stereocenters. The Bertz CT molecular complexity index is 1120. The van der Waals surface area contributed by atoms with Crippen LogP contribution in [-0.4, -0.2) is 5.78 Å². The molecule has 0 saturated heterocycles. The zero-order valence-electron chi connectivity index (χ0n) is 17.2. The van der Waals surface area contributed by atoms with Gasteiger partial charge in [-0.2, -0.15) is 0 Å². The first-order valence-electron chi connectivity index (χ1n) is 9.86. The van der Waals surface area contributed by atoms with Gasteiger partial charge in [-0.05, 0) is 52.4 Å². The third-order valence-corrected chi connectivity index (χ3v) is 5.25. The van der Waals surface area contributed by atoms with E-state index in [0.717, 1.165) is 11.1 Å². The van der Waals surface area contributed by atoms with Gasteiger partial charge >= 0.3 is 0 Å². The second kappa shape index (κ2) is 8.00. The number of ether oxygens (including phenoxy) is 2. The Kier molecular flexibility index (Phi) is 5.40. The van der Waals surface area contributed by atoms with E-state index in [2.05, 4.69) is 32.9 Å². The molecule has 4 heteroatoms. The average Bonchev–Trinajstić information content (AvgIpc) is 3.01. The minimum Gasteiger partial charge on any atom is -0.489 e. The summed E-state index contributed by atoms with van der Waals surface area (Å²) in [5.74, 6) is 1.35. The van der Waals surface area contributed by atoms with Crippen LogP contribution in [0, 0.1) is 0 Å². The van der Waals surface area contributed by atoms with E-state index in [1.165, 1.54) is 5.56 Å². The average molecular weight is 419 g/mol. The summed E-state index contributed by atoms with van der Waals surface area (Å²) in [6, 6.07) is 21.0. The van der Waals surface area contributed by atoms with E-state index in [4.69, 9.17) is 21.1 Å². The lowest BCUT2D eigenvalue weighted by atomic mass is 9.86. The lowest BCUT2D eigenvalue weighted by molar-refractivity contribution is 0.101. The van der Waals surface area contributed by atoms with Crippen LogP contribution in [0.3, 0.4) is 0 Å². The summed E-state index contributed by atoms with van der Waals surface area (Å²) in [4.78, 5) is 12.7. The number of hydrogen-bond acceptors (Lipinski definition) is 3. The topological polar surface area (TPSA) is 35.5 Å². The third kappa shape index (κ3) is 4.42. The predicted molar refractivity (Wildman–Crippen MR) is 120 cm³/mol. The SMILES string of the molecule is CC(C)(C)c1ccc(C=C2Oc3cc(OCc4cccc(Cl)c4)ccc3C2=O)cc1. The Morgan fingerprint density at radius 2 is 1.77 bits per heavy atom. The van der Waals surface area contributed by atoms with Gasteiger partial charge in [0.25, 0.3) is 0 Å². The van der Waals surface area contributed by atoms with Crippen molar-refractivity contribution in [2.75, 3.05) is 0 Å². The van der Waals surface area contributed by atoms with Crippen molar-refractivity contribution in [1.82, 2.24) is 0 Å². The Balaban J connectivity index is 1.49. The highest BCUT2D eigenvalue weighted by molar-refractivity contribution is 6.30. The molecule has 152 valence electrons. The highest BCUT2D eigenvalue weighted by atomic mass is 35.5. The van der Waals surface area contributed by atoms with Crippen LogP contribution in [0.1, 0.15) is 47.8 Å². The standard InChI is InChI=1S/C26H23ClO3/c1-26(2,3)19-9-7-17(8-10-19)14-24-25(28)22-12-11-21(15-23(22)30-24)29-16-18-5-4-6-20(27)13-18/h4-15H,16H2,1-3H3. The van der Waals surface area contributed by atoms with Crippen LogP contribution in [-0.2, 0) is 12.0 Å². The molecule has 3 aromatic rings. The van der Waals surface area contributed by atoms with Crippen LogP contribution < -0.4 is 9.47 Å². The number of ketones is 1. The van der Waals surface area contributed by atoms with Crippen LogP contribution in [0.4, 0.5) is 0 Å². The number of carbonyl (C=O) groups is 1. The lowest BCUT2D eigenvalue weighted by Gasteiger charge is -2.18. The maximum Gasteiger partial charge on any atom is 0.231 e. The first kappa shape index (κ1) is 20.2. The Morgan fingerprint density at radius 1 is 1.00 bits per heavy atom. The first-order valence-corrected chi connectivity index (χ1v) is 10.2. The summed E-state index contributed by atoms with van der Waals surface area (Å²) in [7, 11) is 0. The van der Waals surface area contributed by atoms with Gasteiger partial charge in [-0.1, -0.05) is 68.8 Å². The van der Waals surface area contributed by atoms with Crippen LogP contribution in [0.15, 0.2) is 72.5 Å². The maximum atomic E-state index is 12.7. The van der Waals surface area contributed by atoms with Crippen molar-refractivity contribution in [3.8, 4) is 11.5 Å². The normalized spacial score (nSPS) is 14.5. The number of benzene rings is 3. The van der Waals surface area contributed by atoms with Crippen molar-refractivity contribution in [1.29, 1.82) is 0 Å². The Labute approximate surface area is 181 Å². The zero-order chi connectivity index (χ0) is 21.3. The molecule has 0 saturated carbocycles. The minimum atomic E-state index is -0.119. The maximum absolute atomic E-state index is 12.7. The number of hydrogen-bond donors (Lipinski definition) is 0. The molecule has 3 nitrogen and oxygen atoms in total. The first-order chi connectivity index (χ1) is 14.3. The number of allylic oxidation sites excluding steroid dienone is 1. The number of carbonyl (C=O) groups excluding carboxylic acids is 1. The predicted octanol–water partition coefficient (Wildman–Crippen LogP) is 6.83. The fraction of sp³-hybridized carbons (Fsp3) is 0.192. The quantitative estimate of drug-likeness (QED) is 0.435. The van der Waals surface area contributed by atoms with Gasteiger partial charge in [-0.15, -0.1) is 0 Å². The van der Waals surface area contributed by atoms with E-state index >= 15 is 0 Å². The smallest absolute Gasteiger partial charge is 0.231 e. The fourth-order valence-electron chi connectivity index (χ4n) is 3.28. The van der Waals surface area contributed by atoms with Gasteiger partial charge in [0.15, 0.2) is 5.76 Å². The van der Waals surface area contributed by atoms with Crippen molar-refractivity contribution in [3.05, 3.63) is 99.8 Å². The second-order valence-corrected chi connectivity index (χ2v) is 8.82. The fourth-order valence-corrected chi connectivity index (χ4v) is 3.49. The summed E-state index contributed by atoms with van der Waals surface area (Å²) in [5, 5.41) is 0.671. The highest BCUT2D eigenvalue weighted by Crippen LogP contribution is 2.35. The molecule has 0 amide bonds. The summed E-state index contributed by atoms with van der Waals surface area (Å²) in [6.07, 6.45) is 1.78. The number of fused-ring (bicyclic) bond motifs is 1. The van der Waals surface area contributed by atoms with Gasteiger partial charge < -0.3 is 9.47 Å². The van der Waals surface area contributed by atoms with Gasteiger partial charge in [0.2, 0.25) is 5.78 Å². The van der Waals surface area contributed by atoms with E-state index in [0.29, 0.717) is 34.5 Å². The number of Topliss-reactive ketones (excluding diaryl/α,β-unsaturated/α-hetero) is 1. The van der Waals surface area contributed by atoms with Crippen molar-refractivity contribution in [3.63, 3.8) is 0 Å². The molecule has 0 spiro atoms. The van der Waals surface area contributed by atoms with E-state index in [1.54, 1.807) is 24.3 Å². The van der Waals surface area contributed by atoms with E-state index in [9.17, 15) is 4.79 Å². The van der Waals surface area contributed by atoms with Crippen LogP contribution >= 0.6 is 11.6 Å². The summed E-state index contributed by atoms with van der Waals surface area (Å²) >= 11 is 6.01. The van der Waals surface area contributed by atoms with Crippen molar-refractivity contribution in [2.45, 2.75) is 32.8 Å². The van der Waals surface area contributed by atoms with Crippen molar-refractivity contribution < 1.29 is 14.3 Å². The minimum absolute atomic E-state index is 0.0864. The molecule has 1 aliphatic heterocycles. The largest absolute Gasteiger partial charge is 0.489 e. The van der Waals surface area contributed by atoms with Gasteiger partial charge in [0.05, 0.1) is 5.56 Å². The van der Waals surface area contributed by atoms with Crippen LogP contribution in [0.25, 0.3) is 6.08 Å². The Hall–Kier alpha value is -3.04. The number of rotatable bonds is 4. The molecule has 1 aliphatic rings. The second-order valence-electron chi connectivity index (χ2n) is 8.39. The molecule has 0 unspecified atom stereocenters. The molecular formula is C26H23ClO3.